The number of nitrogens with zero attached hydrogens (tertiary/aromatic N) is 1. The Kier molecular flexibility index (Phi) is 5.65. The number of aliphatic hydroxyl groups excluding tert-OH is 1. The van der Waals surface area contributed by atoms with Gasteiger partial charge in [-0.15, -0.1) is 0 Å². The number of likely N-dealkylation sites (tertiary alicyclic amines) is 1. The molecule has 0 spiro atoms. The van der Waals surface area contributed by atoms with Gasteiger partial charge in [-0.25, -0.2) is 0 Å². The van der Waals surface area contributed by atoms with Crippen molar-refractivity contribution in [1.29, 1.82) is 0 Å². The van der Waals surface area contributed by atoms with E-state index in [1.54, 1.807) is 0 Å². The minimum Gasteiger partial charge on any atom is -0.493 e. The van der Waals surface area contributed by atoms with Gasteiger partial charge in [-0.05, 0) is 44.2 Å². The molecule has 0 aliphatic carbocycles. The van der Waals surface area contributed by atoms with Crippen LogP contribution in [0.3, 0.4) is 0 Å². The molecule has 0 bridgehead atoms. The number of β-amino-alcohol motifs (C(OH)–C–C–N with tert-alkyl or cyclic N) is 1. The summed E-state index contributed by atoms with van der Waals surface area (Å²) in [5.74, 6) is 0.809. The highest BCUT2D eigenvalue weighted by Gasteiger charge is 2.35. The minimum absolute atomic E-state index is 0.457. The molecule has 0 amide bonds. The highest BCUT2D eigenvalue weighted by molar-refractivity contribution is 5.35. The van der Waals surface area contributed by atoms with Crippen LogP contribution in [0.5, 0.6) is 5.75 Å². The summed E-state index contributed by atoms with van der Waals surface area (Å²) in [6, 6.07) is 7.83. The van der Waals surface area contributed by atoms with E-state index < -0.39 is 6.10 Å². The van der Waals surface area contributed by atoms with E-state index in [9.17, 15) is 5.11 Å². The molecule has 1 aliphatic heterocycles. The zero-order valence-electron chi connectivity index (χ0n) is 13.6. The summed E-state index contributed by atoms with van der Waals surface area (Å²) in [5, 5.41) is 10.6. The van der Waals surface area contributed by atoms with Crippen LogP contribution in [0.4, 0.5) is 0 Å². The van der Waals surface area contributed by atoms with Gasteiger partial charge >= 0.3 is 0 Å². The van der Waals surface area contributed by atoms with Crippen molar-refractivity contribution < 1.29 is 9.84 Å². The number of benzene rings is 1. The quantitative estimate of drug-likeness (QED) is 0.832. The fraction of sp³-hybridized carbons (Fsp3) is 0.667. The summed E-state index contributed by atoms with van der Waals surface area (Å²) in [5.41, 5.74) is 1.36. The van der Waals surface area contributed by atoms with Gasteiger partial charge in [-0.1, -0.05) is 32.0 Å². The van der Waals surface area contributed by atoms with Crippen molar-refractivity contribution in [2.45, 2.75) is 46.1 Å². The van der Waals surface area contributed by atoms with Crippen molar-refractivity contribution in [2.75, 3.05) is 26.2 Å². The Morgan fingerprint density at radius 1 is 1.24 bits per heavy atom. The molecular weight excluding hydrogens is 262 g/mol. The third kappa shape index (κ3) is 3.78. The molecule has 1 aliphatic rings. The molecule has 21 heavy (non-hydrogen) atoms. The predicted molar refractivity (Wildman–Crippen MR) is 86.6 cm³/mol. The lowest BCUT2D eigenvalue weighted by atomic mass is 9.82. The number of hydrogen-bond donors (Lipinski definition) is 1. The monoisotopic (exact) mass is 291 g/mol. The third-order valence-corrected chi connectivity index (χ3v) is 5.03. The SMILES string of the molecule is CCOc1ccccc1C(O)CN1CCC(CC)(CC)C1. The van der Waals surface area contributed by atoms with E-state index in [1.807, 2.05) is 31.2 Å². The highest BCUT2D eigenvalue weighted by Crippen LogP contribution is 2.38. The Morgan fingerprint density at radius 3 is 2.57 bits per heavy atom. The molecule has 3 nitrogen and oxygen atoms in total. The van der Waals surface area contributed by atoms with Crippen LogP contribution >= 0.6 is 0 Å². The summed E-state index contributed by atoms with van der Waals surface area (Å²) in [6.45, 7) is 10.1. The van der Waals surface area contributed by atoms with E-state index in [-0.39, 0.29) is 0 Å². The fourth-order valence-electron chi connectivity index (χ4n) is 3.40. The largest absolute Gasteiger partial charge is 0.493 e. The summed E-state index contributed by atoms with van der Waals surface area (Å²) >= 11 is 0. The van der Waals surface area contributed by atoms with Gasteiger partial charge in [-0.3, -0.25) is 4.90 Å². The molecule has 1 fully saturated rings. The second kappa shape index (κ2) is 7.28. The zero-order chi connectivity index (χ0) is 15.3. The summed E-state index contributed by atoms with van der Waals surface area (Å²) in [4.78, 5) is 2.40. The van der Waals surface area contributed by atoms with Crippen LogP contribution < -0.4 is 4.74 Å². The first kappa shape index (κ1) is 16.3. The molecule has 0 radical (unpaired) electrons. The van der Waals surface area contributed by atoms with Gasteiger partial charge in [-0.2, -0.15) is 0 Å². The third-order valence-electron chi connectivity index (χ3n) is 5.03. The number of rotatable bonds is 7. The standard InChI is InChI=1S/C18H29NO2/c1-4-18(5-2)11-12-19(14-18)13-16(20)15-9-7-8-10-17(15)21-6-3/h7-10,16,20H,4-6,11-14H2,1-3H3. The second-order valence-corrected chi connectivity index (χ2v) is 6.18. The second-order valence-electron chi connectivity index (χ2n) is 6.18. The van der Waals surface area contributed by atoms with E-state index in [2.05, 4.69) is 18.7 Å². The van der Waals surface area contributed by atoms with E-state index in [0.717, 1.165) is 24.4 Å². The van der Waals surface area contributed by atoms with E-state index in [0.29, 0.717) is 18.6 Å². The topological polar surface area (TPSA) is 32.7 Å². The van der Waals surface area contributed by atoms with Crippen molar-refractivity contribution in [3.05, 3.63) is 29.8 Å². The van der Waals surface area contributed by atoms with Crippen LogP contribution in [0.2, 0.25) is 0 Å². The Morgan fingerprint density at radius 2 is 1.95 bits per heavy atom. The van der Waals surface area contributed by atoms with Crippen LogP contribution in [0.25, 0.3) is 0 Å². The molecule has 1 N–H and O–H groups in total. The number of para-hydroxylation sites is 1. The number of hydrogen-bond acceptors (Lipinski definition) is 3. The van der Waals surface area contributed by atoms with Crippen molar-refractivity contribution in [3.63, 3.8) is 0 Å². The van der Waals surface area contributed by atoms with E-state index in [4.69, 9.17) is 4.74 Å². The Hall–Kier alpha value is -1.06. The van der Waals surface area contributed by atoms with Gasteiger partial charge < -0.3 is 9.84 Å². The minimum atomic E-state index is -0.475. The van der Waals surface area contributed by atoms with Gasteiger partial charge in [0, 0.05) is 18.7 Å². The molecular formula is C18H29NO2. The van der Waals surface area contributed by atoms with Crippen molar-refractivity contribution in [1.82, 2.24) is 4.90 Å². The normalized spacial score (nSPS) is 19.6. The maximum atomic E-state index is 10.6. The molecule has 1 saturated heterocycles. The van der Waals surface area contributed by atoms with Gasteiger partial charge in [0.15, 0.2) is 0 Å². The van der Waals surface area contributed by atoms with Gasteiger partial charge in [0.05, 0.1) is 12.7 Å². The molecule has 3 heteroatoms. The molecule has 2 rings (SSSR count). The molecule has 0 aromatic heterocycles. The first-order valence-corrected chi connectivity index (χ1v) is 8.26. The smallest absolute Gasteiger partial charge is 0.125 e. The van der Waals surface area contributed by atoms with Crippen LogP contribution in [-0.2, 0) is 0 Å². The Labute approximate surface area is 128 Å². The first-order chi connectivity index (χ1) is 10.1. The molecule has 1 unspecified atom stereocenters. The summed E-state index contributed by atoms with van der Waals surface area (Å²) in [6.07, 6.45) is 3.23. The molecule has 1 atom stereocenters. The fourth-order valence-corrected chi connectivity index (χ4v) is 3.40. The highest BCUT2D eigenvalue weighted by atomic mass is 16.5. The average molecular weight is 291 g/mol. The summed E-state index contributed by atoms with van der Waals surface area (Å²) in [7, 11) is 0. The van der Waals surface area contributed by atoms with Gasteiger partial charge in [0.2, 0.25) is 0 Å². The maximum absolute atomic E-state index is 10.6. The van der Waals surface area contributed by atoms with Crippen molar-refractivity contribution in [3.8, 4) is 5.75 Å². The lowest BCUT2D eigenvalue weighted by molar-refractivity contribution is 0.114. The van der Waals surface area contributed by atoms with Gasteiger partial charge in [0.1, 0.15) is 5.75 Å². The predicted octanol–water partition coefficient (Wildman–Crippen LogP) is 3.63. The van der Waals surface area contributed by atoms with Gasteiger partial charge in [0.25, 0.3) is 0 Å². The average Bonchev–Trinajstić information content (AvgIpc) is 2.92. The Bertz CT molecular complexity index is 443. The molecule has 118 valence electrons. The molecule has 1 aromatic rings. The first-order valence-electron chi connectivity index (χ1n) is 8.26. The van der Waals surface area contributed by atoms with Crippen LogP contribution in [0.15, 0.2) is 24.3 Å². The van der Waals surface area contributed by atoms with Crippen molar-refractivity contribution >= 4 is 0 Å². The summed E-state index contributed by atoms with van der Waals surface area (Å²) < 4.78 is 5.63. The van der Waals surface area contributed by atoms with Crippen LogP contribution in [-0.4, -0.2) is 36.2 Å². The lowest BCUT2D eigenvalue weighted by Gasteiger charge is -2.27. The maximum Gasteiger partial charge on any atom is 0.125 e. The molecule has 1 heterocycles. The lowest BCUT2D eigenvalue weighted by Crippen LogP contribution is -2.30. The zero-order valence-corrected chi connectivity index (χ0v) is 13.6. The van der Waals surface area contributed by atoms with Crippen LogP contribution in [0.1, 0.15) is 51.7 Å². The number of ether oxygens (including phenoxy) is 1. The molecule has 1 aromatic carbocycles. The van der Waals surface area contributed by atoms with Crippen molar-refractivity contribution in [2.24, 2.45) is 5.41 Å². The number of aliphatic hydroxyl groups is 1. The van der Waals surface area contributed by atoms with E-state index >= 15 is 0 Å². The van der Waals surface area contributed by atoms with E-state index in [1.165, 1.54) is 19.3 Å². The Balaban J connectivity index is 2.01. The van der Waals surface area contributed by atoms with Crippen LogP contribution in [0, 0.1) is 5.41 Å². The molecule has 0 saturated carbocycles.